The maximum Gasteiger partial charge on any atom is 0.416 e. The van der Waals surface area contributed by atoms with Gasteiger partial charge >= 0.3 is 6.18 Å². The summed E-state index contributed by atoms with van der Waals surface area (Å²) in [7, 11) is 0. The molecule has 0 aliphatic rings. The number of aliphatic hydroxyl groups excluding tert-OH is 1. The van der Waals surface area contributed by atoms with Crippen LogP contribution in [0.2, 0.25) is 0 Å². The Morgan fingerprint density at radius 3 is 2.54 bits per heavy atom. The van der Waals surface area contributed by atoms with Gasteiger partial charge in [0.1, 0.15) is 5.56 Å². The van der Waals surface area contributed by atoms with Gasteiger partial charge in [-0.15, -0.1) is 0 Å². The second-order valence-corrected chi connectivity index (χ2v) is 5.54. The van der Waals surface area contributed by atoms with E-state index in [-0.39, 0.29) is 16.8 Å². The number of benzene rings is 2. The Kier molecular flexibility index (Phi) is 4.52. The van der Waals surface area contributed by atoms with Crippen molar-refractivity contribution >= 4 is 22.5 Å². The van der Waals surface area contributed by atoms with Crippen LogP contribution in [-0.2, 0) is 12.8 Å². The lowest BCUT2D eigenvalue weighted by molar-refractivity contribution is -0.137. The van der Waals surface area contributed by atoms with E-state index < -0.39 is 29.8 Å². The number of H-pyrrole nitrogens is 1. The zero-order valence-electron chi connectivity index (χ0n) is 13.2. The molecule has 0 atom stereocenters. The van der Waals surface area contributed by atoms with Gasteiger partial charge in [-0.1, -0.05) is 24.3 Å². The minimum Gasteiger partial charge on any atom is -0.392 e. The Balaban J connectivity index is 2.04. The lowest BCUT2D eigenvalue weighted by Gasteiger charge is -2.12. The van der Waals surface area contributed by atoms with Gasteiger partial charge in [0.05, 0.1) is 12.2 Å². The van der Waals surface area contributed by atoms with E-state index in [4.69, 9.17) is 0 Å². The number of pyridine rings is 1. The van der Waals surface area contributed by atoms with Gasteiger partial charge in [0.25, 0.3) is 11.5 Å². The van der Waals surface area contributed by atoms with Crippen molar-refractivity contribution in [3.63, 3.8) is 0 Å². The van der Waals surface area contributed by atoms with Gasteiger partial charge in [0.15, 0.2) is 0 Å². The first kappa shape index (κ1) is 17.7. The topological polar surface area (TPSA) is 82.2 Å². The zero-order valence-corrected chi connectivity index (χ0v) is 13.2. The largest absolute Gasteiger partial charge is 0.416 e. The second kappa shape index (κ2) is 6.64. The van der Waals surface area contributed by atoms with Crippen molar-refractivity contribution in [2.45, 2.75) is 12.8 Å². The molecule has 0 saturated heterocycles. The SMILES string of the molecule is O=C(Nc1cccc(C(F)(F)F)c1)c1c(CO)c2ccccc2[nH]c1=O. The standard InChI is InChI=1S/C18H13F3N2O3/c19-18(20,21)10-4-3-5-11(8-10)22-16(25)15-13(9-24)12-6-1-2-7-14(12)23-17(15)26/h1-8,24H,9H2,(H,22,25)(H,23,26). The number of aliphatic hydroxyl groups is 1. The summed E-state index contributed by atoms with van der Waals surface area (Å²) >= 11 is 0. The highest BCUT2D eigenvalue weighted by Crippen LogP contribution is 2.30. The molecule has 0 aliphatic heterocycles. The first-order valence-electron chi connectivity index (χ1n) is 7.54. The molecule has 0 fully saturated rings. The van der Waals surface area contributed by atoms with Crippen molar-refractivity contribution in [3.05, 3.63) is 75.6 Å². The molecule has 0 saturated carbocycles. The van der Waals surface area contributed by atoms with E-state index in [1.165, 1.54) is 6.07 Å². The van der Waals surface area contributed by atoms with Crippen LogP contribution in [-0.4, -0.2) is 16.0 Å². The van der Waals surface area contributed by atoms with Crippen LogP contribution in [0.1, 0.15) is 21.5 Å². The predicted octanol–water partition coefficient (Wildman–Crippen LogP) is 3.29. The molecule has 3 rings (SSSR count). The highest BCUT2D eigenvalue weighted by molar-refractivity contribution is 6.07. The van der Waals surface area contributed by atoms with Crippen molar-refractivity contribution in [1.82, 2.24) is 4.98 Å². The summed E-state index contributed by atoms with van der Waals surface area (Å²) in [6, 6.07) is 10.7. The molecule has 0 unspecified atom stereocenters. The van der Waals surface area contributed by atoms with E-state index >= 15 is 0 Å². The number of aromatic nitrogens is 1. The first-order valence-corrected chi connectivity index (χ1v) is 7.54. The maximum absolute atomic E-state index is 12.8. The molecule has 134 valence electrons. The Labute approximate surface area is 145 Å². The Morgan fingerprint density at radius 1 is 1.12 bits per heavy atom. The number of hydrogen-bond acceptors (Lipinski definition) is 3. The van der Waals surface area contributed by atoms with Crippen molar-refractivity contribution in [1.29, 1.82) is 0 Å². The van der Waals surface area contributed by atoms with Gasteiger partial charge in [-0.25, -0.2) is 0 Å². The van der Waals surface area contributed by atoms with Crippen molar-refractivity contribution < 1.29 is 23.1 Å². The number of hydrogen-bond donors (Lipinski definition) is 3. The number of carbonyl (C=O) groups is 1. The summed E-state index contributed by atoms with van der Waals surface area (Å²) < 4.78 is 38.4. The van der Waals surface area contributed by atoms with Crippen molar-refractivity contribution in [2.24, 2.45) is 0 Å². The van der Waals surface area contributed by atoms with Gasteiger partial charge in [-0.05, 0) is 24.3 Å². The predicted molar refractivity (Wildman–Crippen MR) is 89.9 cm³/mol. The van der Waals surface area contributed by atoms with Crippen molar-refractivity contribution in [3.8, 4) is 0 Å². The number of halogens is 3. The van der Waals surface area contributed by atoms with E-state index in [2.05, 4.69) is 10.3 Å². The second-order valence-electron chi connectivity index (χ2n) is 5.54. The number of aromatic amines is 1. The molecule has 0 aliphatic carbocycles. The van der Waals surface area contributed by atoms with E-state index in [0.717, 1.165) is 18.2 Å². The molecule has 3 aromatic rings. The highest BCUT2D eigenvalue weighted by atomic mass is 19.4. The Morgan fingerprint density at radius 2 is 1.85 bits per heavy atom. The van der Waals surface area contributed by atoms with E-state index in [1.54, 1.807) is 24.3 Å². The molecule has 0 radical (unpaired) electrons. The minimum absolute atomic E-state index is 0.105. The third kappa shape index (κ3) is 3.31. The van der Waals surface area contributed by atoms with E-state index in [1.807, 2.05) is 0 Å². The molecule has 26 heavy (non-hydrogen) atoms. The van der Waals surface area contributed by atoms with E-state index in [0.29, 0.717) is 10.9 Å². The lowest BCUT2D eigenvalue weighted by Crippen LogP contribution is -2.26. The molecule has 8 heteroatoms. The summed E-state index contributed by atoms with van der Waals surface area (Å²) in [6.07, 6.45) is -4.56. The fourth-order valence-electron chi connectivity index (χ4n) is 2.68. The van der Waals surface area contributed by atoms with Gasteiger partial charge in [-0.2, -0.15) is 13.2 Å². The summed E-state index contributed by atoms with van der Waals surface area (Å²) in [5, 5.41) is 12.4. The van der Waals surface area contributed by atoms with Crippen LogP contribution in [0.5, 0.6) is 0 Å². The zero-order chi connectivity index (χ0) is 18.9. The summed E-state index contributed by atoms with van der Waals surface area (Å²) in [5.41, 5.74) is -1.57. The van der Waals surface area contributed by atoms with Gasteiger partial charge in [0, 0.05) is 22.2 Å². The van der Waals surface area contributed by atoms with Crippen LogP contribution in [0.4, 0.5) is 18.9 Å². The summed E-state index contributed by atoms with van der Waals surface area (Å²) in [5.74, 6) is -0.902. The van der Waals surface area contributed by atoms with Crippen LogP contribution in [0, 0.1) is 0 Å². The fraction of sp³-hybridized carbons (Fsp3) is 0.111. The van der Waals surface area contributed by atoms with Crippen LogP contribution in [0.25, 0.3) is 10.9 Å². The Bertz CT molecular complexity index is 1040. The molecule has 1 aromatic heterocycles. The number of anilines is 1. The van der Waals surface area contributed by atoms with Gasteiger partial charge in [0.2, 0.25) is 0 Å². The van der Waals surface area contributed by atoms with Crippen LogP contribution in [0.3, 0.4) is 0 Å². The quantitative estimate of drug-likeness (QED) is 0.669. The maximum atomic E-state index is 12.8. The lowest BCUT2D eigenvalue weighted by atomic mass is 10.0. The molecular formula is C18H13F3N2O3. The Hall–Kier alpha value is -3.13. The smallest absolute Gasteiger partial charge is 0.392 e. The monoisotopic (exact) mass is 362 g/mol. The normalized spacial score (nSPS) is 11.5. The van der Waals surface area contributed by atoms with Crippen LogP contribution < -0.4 is 10.9 Å². The molecule has 1 amide bonds. The number of fused-ring (bicyclic) bond motifs is 1. The molecule has 0 spiro atoms. The molecule has 3 N–H and O–H groups in total. The van der Waals surface area contributed by atoms with E-state index in [9.17, 15) is 27.9 Å². The minimum atomic E-state index is -4.56. The number of amides is 1. The van der Waals surface area contributed by atoms with Crippen molar-refractivity contribution in [2.75, 3.05) is 5.32 Å². The number of alkyl halides is 3. The summed E-state index contributed by atoms with van der Waals surface area (Å²) in [4.78, 5) is 27.3. The average Bonchev–Trinajstić information content (AvgIpc) is 2.59. The molecular weight excluding hydrogens is 349 g/mol. The van der Waals surface area contributed by atoms with Crippen LogP contribution >= 0.6 is 0 Å². The average molecular weight is 362 g/mol. The molecule has 2 aromatic carbocycles. The highest BCUT2D eigenvalue weighted by Gasteiger charge is 2.30. The molecule has 0 bridgehead atoms. The third-order valence-electron chi connectivity index (χ3n) is 3.86. The summed E-state index contributed by atoms with van der Waals surface area (Å²) in [6.45, 7) is -0.574. The first-order chi connectivity index (χ1) is 12.3. The number of para-hydroxylation sites is 1. The fourth-order valence-corrected chi connectivity index (χ4v) is 2.68. The van der Waals surface area contributed by atoms with Crippen LogP contribution in [0.15, 0.2) is 53.3 Å². The molecule has 5 nitrogen and oxygen atoms in total. The third-order valence-corrected chi connectivity index (χ3v) is 3.86. The number of rotatable bonds is 3. The number of carbonyl (C=O) groups excluding carboxylic acids is 1. The van der Waals surface area contributed by atoms with Gasteiger partial charge < -0.3 is 15.4 Å². The molecule has 1 heterocycles. The number of nitrogens with one attached hydrogen (secondary N) is 2. The van der Waals surface area contributed by atoms with Gasteiger partial charge in [-0.3, -0.25) is 9.59 Å².